The van der Waals surface area contributed by atoms with Gasteiger partial charge in [0.15, 0.2) is 0 Å². The summed E-state index contributed by atoms with van der Waals surface area (Å²) in [6.07, 6.45) is 0. The van der Waals surface area contributed by atoms with Crippen LogP contribution in [0.1, 0.15) is 0 Å². The number of para-hydroxylation sites is 4. The third-order valence-electron chi connectivity index (χ3n) is 7.24. The minimum atomic E-state index is -0.271. The van der Waals surface area contributed by atoms with Crippen molar-refractivity contribution in [1.29, 1.82) is 0 Å². The standard InChI is InChI=1S/C36H25FN2/c37-32-21-11-13-23-34(32)39(28-18-8-3-9-19-28)35-25-31-29-20-10-12-22-33(29)38(27-16-6-2-7-17-27)36(31)24-30(35)26-14-4-1-5-15-26/h1-25H. The maximum Gasteiger partial charge on any atom is 0.147 e. The molecular weight excluding hydrogens is 479 g/mol. The quantitative estimate of drug-likeness (QED) is 0.226. The molecule has 0 N–H and O–H groups in total. The molecule has 2 nitrogen and oxygen atoms in total. The average Bonchev–Trinajstić information content (AvgIpc) is 3.33. The second-order valence-corrected chi connectivity index (χ2v) is 9.56. The predicted octanol–water partition coefficient (Wildman–Crippen LogP) is 10.1. The van der Waals surface area contributed by atoms with Gasteiger partial charge in [-0.15, -0.1) is 0 Å². The number of benzene rings is 6. The first-order valence-electron chi connectivity index (χ1n) is 13.1. The highest BCUT2D eigenvalue weighted by Crippen LogP contribution is 2.45. The third-order valence-corrected chi connectivity index (χ3v) is 7.24. The second-order valence-electron chi connectivity index (χ2n) is 9.56. The summed E-state index contributed by atoms with van der Waals surface area (Å²) in [5.41, 5.74) is 7.74. The van der Waals surface area contributed by atoms with Gasteiger partial charge in [-0.05, 0) is 60.2 Å². The minimum Gasteiger partial charge on any atom is -0.309 e. The van der Waals surface area contributed by atoms with Gasteiger partial charge in [0, 0.05) is 27.7 Å². The smallest absolute Gasteiger partial charge is 0.147 e. The van der Waals surface area contributed by atoms with Crippen LogP contribution in [0.25, 0.3) is 38.6 Å². The highest BCUT2D eigenvalue weighted by atomic mass is 19.1. The van der Waals surface area contributed by atoms with E-state index in [1.165, 1.54) is 6.07 Å². The molecule has 0 amide bonds. The average molecular weight is 505 g/mol. The Morgan fingerprint density at radius 3 is 1.85 bits per heavy atom. The van der Waals surface area contributed by atoms with E-state index >= 15 is 4.39 Å². The summed E-state index contributed by atoms with van der Waals surface area (Å²) in [5, 5.41) is 2.26. The summed E-state index contributed by atoms with van der Waals surface area (Å²) >= 11 is 0. The maximum absolute atomic E-state index is 15.5. The summed E-state index contributed by atoms with van der Waals surface area (Å²) in [7, 11) is 0. The van der Waals surface area contributed by atoms with Gasteiger partial charge in [-0.3, -0.25) is 0 Å². The van der Waals surface area contributed by atoms with Crippen molar-refractivity contribution < 1.29 is 4.39 Å². The maximum atomic E-state index is 15.5. The number of fused-ring (bicyclic) bond motifs is 3. The molecule has 0 atom stereocenters. The Morgan fingerprint density at radius 1 is 0.487 bits per heavy atom. The van der Waals surface area contributed by atoms with Crippen LogP contribution in [0.3, 0.4) is 0 Å². The fraction of sp³-hybridized carbons (Fsp3) is 0. The third kappa shape index (κ3) is 3.96. The summed E-state index contributed by atoms with van der Waals surface area (Å²) < 4.78 is 17.8. The van der Waals surface area contributed by atoms with Crippen molar-refractivity contribution in [3.05, 3.63) is 157 Å². The Kier molecular flexibility index (Phi) is 5.68. The zero-order valence-corrected chi connectivity index (χ0v) is 21.2. The summed E-state index contributed by atoms with van der Waals surface area (Å²) in [5.74, 6) is -0.271. The van der Waals surface area contributed by atoms with Crippen molar-refractivity contribution >= 4 is 38.9 Å². The van der Waals surface area contributed by atoms with Crippen LogP contribution in [0.5, 0.6) is 0 Å². The van der Waals surface area contributed by atoms with E-state index in [0.717, 1.165) is 50.0 Å². The highest BCUT2D eigenvalue weighted by molar-refractivity contribution is 6.13. The number of halogens is 1. The molecule has 7 aromatic rings. The van der Waals surface area contributed by atoms with E-state index in [-0.39, 0.29) is 5.82 Å². The van der Waals surface area contributed by atoms with Gasteiger partial charge >= 0.3 is 0 Å². The monoisotopic (exact) mass is 504 g/mol. The number of anilines is 3. The molecule has 1 heterocycles. The van der Waals surface area contributed by atoms with Crippen LogP contribution in [-0.4, -0.2) is 4.57 Å². The first-order valence-corrected chi connectivity index (χ1v) is 13.1. The van der Waals surface area contributed by atoms with E-state index < -0.39 is 0 Å². The van der Waals surface area contributed by atoms with Gasteiger partial charge in [0.1, 0.15) is 5.82 Å². The molecule has 39 heavy (non-hydrogen) atoms. The number of hydrogen-bond donors (Lipinski definition) is 0. The molecule has 7 rings (SSSR count). The van der Waals surface area contributed by atoms with E-state index in [1.807, 2.05) is 71.6 Å². The molecule has 1 aromatic heterocycles. The van der Waals surface area contributed by atoms with E-state index in [1.54, 1.807) is 6.07 Å². The van der Waals surface area contributed by atoms with Crippen molar-refractivity contribution in [2.45, 2.75) is 0 Å². The summed E-state index contributed by atoms with van der Waals surface area (Å²) in [6, 6.07) is 50.8. The fourth-order valence-electron chi connectivity index (χ4n) is 5.51. The molecule has 0 aliphatic carbocycles. The van der Waals surface area contributed by atoms with Crippen LogP contribution >= 0.6 is 0 Å². The van der Waals surface area contributed by atoms with Crippen LogP contribution < -0.4 is 4.90 Å². The second kappa shape index (κ2) is 9.62. The molecule has 0 unspecified atom stereocenters. The first kappa shape index (κ1) is 23.0. The number of rotatable bonds is 5. The van der Waals surface area contributed by atoms with E-state index in [9.17, 15) is 0 Å². The zero-order valence-electron chi connectivity index (χ0n) is 21.2. The molecule has 0 saturated carbocycles. The van der Waals surface area contributed by atoms with Gasteiger partial charge in [0.05, 0.1) is 22.4 Å². The van der Waals surface area contributed by atoms with Crippen LogP contribution in [0.2, 0.25) is 0 Å². The largest absolute Gasteiger partial charge is 0.309 e. The lowest BCUT2D eigenvalue weighted by atomic mass is 9.99. The van der Waals surface area contributed by atoms with Crippen LogP contribution in [0.15, 0.2) is 152 Å². The van der Waals surface area contributed by atoms with Gasteiger partial charge in [0.25, 0.3) is 0 Å². The minimum absolute atomic E-state index is 0.271. The number of aromatic nitrogens is 1. The Bertz CT molecular complexity index is 1910. The van der Waals surface area contributed by atoms with Crippen molar-refractivity contribution in [2.75, 3.05) is 4.90 Å². The van der Waals surface area contributed by atoms with Crippen molar-refractivity contribution in [2.24, 2.45) is 0 Å². The Morgan fingerprint density at radius 2 is 1.10 bits per heavy atom. The lowest BCUT2D eigenvalue weighted by Gasteiger charge is -2.28. The molecule has 0 radical (unpaired) electrons. The fourth-order valence-corrected chi connectivity index (χ4v) is 5.51. The lowest BCUT2D eigenvalue weighted by molar-refractivity contribution is 0.629. The highest BCUT2D eigenvalue weighted by Gasteiger charge is 2.23. The van der Waals surface area contributed by atoms with Crippen molar-refractivity contribution in [3.8, 4) is 16.8 Å². The van der Waals surface area contributed by atoms with E-state index in [2.05, 4.69) is 77.4 Å². The number of hydrogen-bond acceptors (Lipinski definition) is 1. The van der Waals surface area contributed by atoms with E-state index in [4.69, 9.17) is 0 Å². The summed E-state index contributed by atoms with van der Waals surface area (Å²) in [6.45, 7) is 0. The van der Waals surface area contributed by atoms with Crippen LogP contribution in [-0.2, 0) is 0 Å². The molecule has 0 aliphatic heterocycles. The van der Waals surface area contributed by atoms with E-state index in [0.29, 0.717) is 5.69 Å². The van der Waals surface area contributed by atoms with Gasteiger partial charge in [0.2, 0.25) is 0 Å². The Balaban J connectivity index is 1.63. The molecule has 0 bridgehead atoms. The predicted molar refractivity (Wildman–Crippen MR) is 161 cm³/mol. The Hall–Kier alpha value is -5.15. The van der Waals surface area contributed by atoms with Crippen LogP contribution in [0, 0.1) is 5.82 Å². The SMILES string of the molecule is Fc1ccccc1N(c1ccccc1)c1cc2c3ccccc3n(-c3ccccc3)c2cc1-c1ccccc1. The van der Waals surface area contributed by atoms with Gasteiger partial charge in [-0.2, -0.15) is 0 Å². The molecule has 0 spiro atoms. The first-order chi connectivity index (χ1) is 19.3. The molecule has 3 heteroatoms. The van der Waals surface area contributed by atoms with Gasteiger partial charge in [-0.25, -0.2) is 4.39 Å². The van der Waals surface area contributed by atoms with Gasteiger partial charge in [-0.1, -0.05) is 97.1 Å². The molecular formula is C36H25FN2. The molecule has 186 valence electrons. The molecule has 0 saturated heterocycles. The number of nitrogens with zero attached hydrogens (tertiary/aromatic N) is 2. The normalized spacial score (nSPS) is 11.2. The zero-order chi connectivity index (χ0) is 26.2. The lowest BCUT2D eigenvalue weighted by Crippen LogP contribution is -2.13. The van der Waals surface area contributed by atoms with Crippen molar-refractivity contribution in [1.82, 2.24) is 4.57 Å². The molecule has 0 fully saturated rings. The molecule has 0 aliphatic rings. The summed E-state index contributed by atoms with van der Waals surface area (Å²) in [4.78, 5) is 2.03. The Labute approximate surface area is 226 Å². The topological polar surface area (TPSA) is 8.17 Å². The van der Waals surface area contributed by atoms with Crippen molar-refractivity contribution in [3.63, 3.8) is 0 Å². The molecule has 6 aromatic carbocycles. The van der Waals surface area contributed by atoms with Gasteiger partial charge < -0.3 is 9.47 Å². The van der Waals surface area contributed by atoms with Crippen LogP contribution in [0.4, 0.5) is 21.5 Å².